The Labute approximate surface area is 146 Å². The SMILES string of the molecule is N[C@@H]1CCCC[C@H]1N=Cc1c(O)n(C2CCCCC2)c(=S)[nH]c1=O. The third-order valence-electron chi connectivity index (χ3n) is 5.27. The van der Waals surface area contributed by atoms with Crippen molar-refractivity contribution in [1.29, 1.82) is 0 Å². The van der Waals surface area contributed by atoms with E-state index in [1.165, 1.54) is 12.6 Å². The fourth-order valence-corrected chi connectivity index (χ4v) is 4.17. The molecule has 1 heterocycles. The number of hydrogen-bond donors (Lipinski definition) is 3. The number of rotatable bonds is 3. The van der Waals surface area contributed by atoms with Crippen LogP contribution in [0.15, 0.2) is 9.79 Å². The number of H-pyrrole nitrogens is 1. The average molecular weight is 350 g/mol. The zero-order valence-electron chi connectivity index (χ0n) is 13.9. The molecule has 4 N–H and O–H groups in total. The van der Waals surface area contributed by atoms with E-state index >= 15 is 0 Å². The molecule has 2 saturated carbocycles. The van der Waals surface area contributed by atoms with Crippen LogP contribution in [0, 0.1) is 4.77 Å². The van der Waals surface area contributed by atoms with Gasteiger partial charge in [0.25, 0.3) is 5.56 Å². The second-order valence-corrected chi connectivity index (χ2v) is 7.34. The first-order valence-corrected chi connectivity index (χ1v) is 9.35. The summed E-state index contributed by atoms with van der Waals surface area (Å²) in [6.07, 6.45) is 11.0. The molecule has 0 spiro atoms. The molecule has 0 amide bonds. The number of nitrogens with zero attached hydrogens (tertiary/aromatic N) is 2. The quantitative estimate of drug-likeness (QED) is 0.577. The summed E-state index contributed by atoms with van der Waals surface area (Å²) >= 11 is 5.28. The molecule has 0 aromatic carbocycles. The summed E-state index contributed by atoms with van der Waals surface area (Å²) in [5, 5.41) is 10.7. The normalized spacial score (nSPS) is 26.0. The zero-order chi connectivity index (χ0) is 17.1. The smallest absolute Gasteiger partial charge is 0.264 e. The number of aromatic nitrogens is 2. The van der Waals surface area contributed by atoms with Crippen molar-refractivity contribution < 1.29 is 5.11 Å². The maximum absolute atomic E-state index is 12.2. The molecule has 0 saturated heterocycles. The van der Waals surface area contributed by atoms with Crippen molar-refractivity contribution >= 4 is 18.4 Å². The molecular formula is C17H26N4O2S. The van der Waals surface area contributed by atoms with E-state index in [2.05, 4.69) is 9.98 Å². The molecule has 2 atom stereocenters. The lowest BCUT2D eigenvalue weighted by molar-refractivity contribution is 0.302. The minimum absolute atomic E-state index is 0.0175. The van der Waals surface area contributed by atoms with Crippen LogP contribution in [0.25, 0.3) is 0 Å². The Morgan fingerprint density at radius 2 is 1.83 bits per heavy atom. The fraction of sp³-hybridized carbons (Fsp3) is 0.706. The monoisotopic (exact) mass is 350 g/mol. The number of aliphatic imine (C=N–C) groups is 1. The molecule has 0 bridgehead atoms. The number of nitrogens with one attached hydrogen (secondary N) is 1. The van der Waals surface area contributed by atoms with Crippen LogP contribution >= 0.6 is 12.2 Å². The van der Waals surface area contributed by atoms with Gasteiger partial charge in [-0.05, 0) is 37.9 Å². The highest BCUT2D eigenvalue weighted by molar-refractivity contribution is 7.71. The third kappa shape index (κ3) is 3.62. The van der Waals surface area contributed by atoms with Gasteiger partial charge < -0.3 is 10.8 Å². The molecule has 0 unspecified atom stereocenters. The summed E-state index contributed by atoms with van der Waals surface area (Å²) in [6.45, 7) is 0. The maximum atomic E-state index is 12.2. The van der Waals surface area contributed by atoms with Crippen molar-refractivity contribution in [2.24, 2.45) is 10.7 Å². The van der Waals surface area contributed by atoms with Crippen LogP contribution in [0.5, 0.6) is 5.88 Å². The highest BCUT2D eigenvalue weighted by atomic mass is 32.1. The molecule has 2 fully saturated rings. The molecule has 1 aromatic rings. The fourth-order valence-electron chi connectivity index (χ4n) is 3.84. The zero-order valence-corrected chi connectivity index (χ0v) is 14.7. The van der Waals surface area contributed by atoms with Gasteiger partial charge in [0.05, 0.1) is 6.04 Å². The van der Waals surface area contributed by atoms with Crippen molar-refractivity contribution in [3.8, 4) is 5.88 Å². The van der Waals surface area contributed by atoms with Gasteiger partial charge in [-0.2, -0.15) is 0 Å². The Kier molecular flexibility index (Phi) is 5.50. The minimum Gasteiger partial charge on any atom is -0.494 e. The molecule has 24 heavy (non-hydrogen) atoms. The van der Waals surface area contributed by atoms with Crippen LogP contribution in [0.1, 0.15) is 69.4 Å². The number of hydrogen-bond acceptors (Lipinski definition) is 5. The van der Waals surface area contributed by atoms with Crippen LogP contribution in [0.2, 0.25) is 0 Å². The van der Waals surface area contributed by atoms with E-state index in [-0.39, 0.29) is 34.3 Å². The largest absolute Gasteiger partial charge is 0.494 e. The first kappa shape index (κ1) is 17.4. The number of aromatic amines is 1. The lowest BCUT2D eigenvalue weighted by atomic mass is 9.91. The molecular weight excluding hydrogens is 324 g/mol. The predicted molar refractivity (Wildman–Crippen MR) is 97.5 cm³/mol. The van der Waals surface area contributed by atoms with E-state index in [1.807, 2.05) is 0 Å². The minimum atomic E-state index is -0.391. The van der Waals surface area contributed by atoms with Gasteiger partial charge in [0.1, 0.15) is 5.56 Å². The van der Waals surface area contributed by atoms with Gasteiger partial charge in [-0.1, -0.05) is 32.1 Å². The number of nitrogens with two attached hydrogens (primary N) is 1. The number of aromatic hydroxyl groups is 1. The van der Waals surface area contributed by atoms with E-state index in [0.717, 1.165) is 51.4 Å². The van der Waals surface area contributed by atoms with Gasteiger partial charge in [-0.25, -0.2) is 0 Å². The van der Waals surface area contributed by atoms with Crippen LogP contribution in [0.3, 0.4) is 0 Å². The Morgan fingerprint density at radius 3 is 2.54 bits per heavy atom. The molecule has 7 heteroatoms. The highest BCUT2D eigenvalue weighted by Gasteiger charge is 2.23. The van der Waals surface area contributed by atoms with E-state index in [4.69, 9.17) is 18.0 Å². The Balaban J connectivity index is 1.92. The molecule has 132 valence electrons. The summed E-state index contributed by atoms with van der Waals surface area (Å²) in [6, 6.07) is 0.191. The Morgan fingerprint density at radius 1 is 1.17 bits per heavy atom. The van der Waals surface area contributed by atoms with Gasteiger partial charge in [0, 0.05) is 18.3 Å². The standard InChI is InChI=1S/C17H26N4O2S/c18-13-8-4-5-9-14(13)19-10-12-15(22)20-17(24)21(16(12)23)11-6-2-1-3-7-11/h10-11,13-14,23H,1-9,18H2,(H,20,22,24)/t13-,14-/m1/s1. The Bertz CT molecular complexity index is 718. The second-order valence-electron chi connectivity index (χ2n) is 6.95. The van der Waals surface area contributed by atoms with Gasteiger partial charge >= 0.3 is 0 Å². The maximum Gasteiger partial charge on any atom is 0.264 e. The molecule has 0 aliphatic heterocycles. The Hall–Kier alpha value is -1.47. The van der Waals surface area contributed by atoms with Crippen molar-refractivity contribution in [1.82, 2.24) is 9.55 Å². The summed E-state index contributed by atoms with van der Waals surface area (Å²) in [7, 11) is 0. The average Bonchev–Trinajstić information content (AvgIpc) is 2.57. The van der Waals surface area contributed by atoms with Gasteiger partial charge in [0.2, 0.25) is 5.88 Å². The van der Waals surface area contributed by atoms with Crippen molar-refractivity contribution in [2.45, 2.75) is 75.9 Å². The van der Waals surface area contributed by atoms with Gasteiger partial charge in [-0.15, -0.1) is 0 Å². The van der Waals surface area contributed by atoms with Crippen molar-refractivity contribution in [3.63, 3.8) is 0 Å². The van der Waals surface area contributed by atoms with Crippen LogP contribution < -0.4 is 11.3 Å². The van der Waals surface area contributed by atoms with E-state index in [1.54, 1.807) is 4.57 Å². The molecule has 6 nitrogen and oxygen atoms in total. The van der Waals surface area contributed by atoms with Crippen LogP contribution in [-0.2, 0) is 0 Å². The summed E-state index contributed by atoms with van der Waals surface area (Å²) in [5.74, 6) is -0.0659. The first-order valence-electron chi connectivity index (χ1n) is 8.94. The molecule has 3 rings (SSSR count). The van der Waals surface area contributed by atoms with Crippen LogP contribution in [-0.4, -0.2) is 33.0 Å². The molecule has 0 radical (unpaired) electrons. The topological polar surface area (TPSA) is 96.4 Å². The lowest BCUT2D eigenvalue weighted by Gasteiger charge is -2.26. The second kappa shape index (κ2) is 7.61. The van der Waals surface area contributed by atoms with E-state index in [9.17, 15) is 9.90 Å². The molecule has 2 aliphatic rings. The van der Waals surface area contributed by atoms with E-state index < -0.39 is 5.56 Å². The van der Waals surface area contributed by atoms with E-state index in [0.29, 0.717) is 0 Å². The summed E-state index contributed by atoms with van der Waals surface area (Å²) < 4.78 is 1.98. The van der Waals surface area contributed by atoms with Crippen molar-refractivity contribution in [2.75, 3.05) is 0 Å². The lowest BCUT2D eigenvalue weighted by Crippen LogP contribution is -2.36. The predicted octanol–water partition coefficient (Wildman–Crippen LogP) is 2.81. The van der Waals surface area contributed by atoms with Crippen molar-refractivity contribution in [3.05, 3.63) is 20.7 Å². The third-order valence-corrected chi connectivity index (χ3v) is 5.57. The van der Waals surface area contributed by atoms with Gasteiger partial charge in [0.15, 0.2) is 4.77 Å². The first-order chi connectivity index (χ1) is 11.6. The summed E-state index contributed by atoms with van der Waals surface area (Å²) in [4.78, 5) is 19.4. The molecule has 1 aromatic heterocycles. The molecule has 2 aliphatic carbocycles. The highest BCUT2D eigenvalue weighted by Crippen LogP contribution is 2.31. The van der Waals surface area contributed by atoms with Crippen LogP contribution in [0.4, 0.5) is 0 Å². The summed E-state index contributed by atoms with van der Waals surface area (Å²) in [5.41, 5.74) is 5.90. The van der Waals surface area contributed by atoms with Gasteiger partial charge in [-0.3, -0.25) is 19.3 Å².